The van der Waals surface area contributed by atoms with Gasteiger partial charge in [0, 0.05) is 25.7 Å². The summed E-state index contributed by atoms with van der Waals surface area (Å²) in [7, 11) is 0. The average molecular weight is 233 g/mol. The summed E-state index contributed by atoms with van der Waals surface area (Å²) in [4.78, 5) is 6.71. The molecular formula is C13H19N3O. The summed E-state index contributed by atoms with van der Waals surface area (Å²) in [5.41, 5.74) is 2.47. The molecule has 92 valence electrons. The zero-order valence-electron chi connectivity index (χ0n) is 10.3. The van der Waals surface area contributed by atoms with Crippen LogP contribution in [0, 0.1) is 0 Å². The Bertz CT molecular complexity index is 420. The quantitative estimate of drug-likeness (QED) is 0.808. The van der Waals surface area contributed by atoms with Crippen LogP contribution in [0.2, 0.25) is 0 Å². The zero-order valence-corrected chi connectivity index (χ0v) is 10.3. The second-order valence-corrected chi connectivity index (χ2v) is 5.02. The Morgan fingerprint density at radius 3 is 3.12 bits per heavy atom. The number of rotatable bonds is 4. The Kier molecular flexibility index (Phi) is 2.89. The molecule has 4 nitrogen and oxygen atoms in total. The van der Waals surface area contributed by atoms with Crippen LogP contribution in [0.25, 0.3) is 0 Å². The van der Waals surface area contributed by atoms with E-state index in [1.54, 1.807) is 6.26 Å². The number of oxazole rings is 1. The Hall–Kier alpha value is -1.29. The molecule has 1 aliphatic heterocycles. The highest BCUT2D eigenvalue weighted by Gasteiger charge is 2.21. The molecule has 0 unspecified atom stereocenters. The molecule has 17 heavy (non-hydrogen) atoms. The minimum absolute atomic E-state index is 0.718. The van der Waals surface area contributed by atoms with E-state index in [-0.39, 0.29) is 0 Å². The van der Waals surface area contributed by atoms with E-state index in [1.165, 1.54) is 18.4 Å². The normalized spacial score (nSPS) is 20.5. The lowest BCUT2D eigenvalue weighted by Gasteiger charge is -2.23. The summed E-state index contributed by atoms with van der Waals surface area (Å²) >= 11 is 0. The van der Waals surface area contributed by atoms with Crippen molar-refractivity contribution in [2.75, 3.05) is 18.0 Å². The lowest BCUT2D eigenvalue weighted by atomic mass is 10.1. The number of nitrogens with one attached hydrogen (secondary N) is 1. The smallest absolute Gasteiger partial charge is 0.297 e. The predicted octanol–water partition coefficient (Wildman–Crippen LogP) is 2.08. The topological polar surface area (TPSA) is 41.3 Å². The number of hydrogen-bond acceptors (Lipinski definition) is 4. The van der Waals surface area contributed by atoms with Crippen LogP contribution in [-0.4, -0.2) is 24.1 Å². The molecule has 1 aromatic heterocycles. The number of aromatic nitrogens is 1. The molecule has 0 radical (unpaired) electrons. The van der Waals surface area contributed by atoms with E-state index in [4.69, 9.17) is 4.42 Å². The minimum atomic E-state index is 0.718. The molecule has 4 heteroatoms. The fourth-order valence-electron chi connectivity index (χ4n) is 2.00. The fourth-order valence-corrected chi connectivity index (χ4v) is 2.00. The summed E-state index contributed by atoms with van der Waals surface area (Å²) in [6.45, 7) is 4.94. The van der Waals surface area contributed by atoms with Crippen molar-refractivity contribution < 1.29 is 4.42 Å². The predicted molar refractivity (Wildman–Crippen MR) is 67.0 cm³/mol. The second-order valence-electron chi connectivity index (χ2n) is 5.02. The van der Waals surface area contributed by atoms with Crippen molar-refractivity contribution in [3.05, 3.63) is 23.6 Å². The molecule has 1 aliphatic carbocycles. The summed E-state index contributed by atoms with van der Waals surface area (Å²) in [6, 6.07) is 1.48. The van der Waals surface area contributed by atoms with Crippen LogP contribution in [0.5, 0.6) is 0 Å². The van der Waals surface area contributed by atoms with E-state index >= 15 is 0 Å². The summed E-state index contributed by atoms with van der Waals surface area (Å²) in [5.74, 6) is 0. The van der Waals surface area contributed by atoms with Crippen molar-refractivity contribution >= 4 is 6.01 Å². The van der Waals surface area contributed by atoms with E-state index in [2.05, 4.69) is 28.2 Å². The van der Waals surface area contributed by atoms with Gasteiger partial charge in [-0.05, 0) is 26.2 Å². The molecule has 1 saturated carbocycles. The highest BCUT2D eigenvalue weighted by atomic mass is 16.4. The average Bonchev–Trinajstić information content (AvgIpc) is 3.06. The summed E-state index contributed by atoms with van der Waals surface area (Å²) in [6.07, 6.45) is 7.74. The second kappa shape index (κ2) is 4.53. The van der Waals surface area contributed by atoms with Gasteiger partial charge < -0.3 is 14.6 Å². The van der Waals surface area contributed by atoms with Crippen molar-refractivity contribution in [3.63, 3.8) is 0 Å². The van der Waals surface area contributed by atoms with Crippen molar-refractivity contribution in [2.24, 2.45) is 0 Å². The maximum Gasteiger partial charge on any atom is 0.297 e. The lowest BCUT2D eigenvalue weighted by Crippen LogP contribution is -2.28. The van der Waals surface area contributed by atoms with E-state index in [1.807, 2.05) is 0 Å². The van der Waals surface area contributed by atoms with Crippen LogP contribution < -0.4 is 10.2 Å². The van der Waals surface area contributed by atoms with Gasteiger partial charge in [-0.1, -0.05) is 11.6 Å². The zero-order chi connectivity index (χ0) is 11.7. The van der Waals surface area contributed by atoms with Gasteiger partial charge in [0.05, 0.1) is 5.69 Å². The van der Waals surface area contributed by atoms with Gasteiger partial charge in [-0.3, -0.25) is 0 Å². The first-order valence-electron chi connectivity index (χ1n) is 6.39. The molecule has 2 aliphatic rings. The molecule has 2 heterocycles. The van der Waals surface area contributed by atoms with E-state index in [0.717, 1.165) is 43.8 Å². The van der Waals surface area contributed by atoms with Crippen LogP contribution in [0.4, 0.5) is 6.01 Å². The molecule has 0 saturated heterocycles. The molecule has 0 amide bonds. The minimum Gasteiger partial charge on any atom is -0.432 e. The van der Waals surface area contributed by atoms with E-state index in [9.17, 15) is 0 Å². The third-order valence-electron chi connectivity index (χ3n) is 3.40. The molecular weight excluding hydrogens is 214 g/mol. The first kappa shape index (κ1) is 10.8. The van der Waals surface area contributed by atoms with Crippen molar-refractivity contribution in [1.29, 1.82) is 0 Å². The van der Waals surface area contributed by atoms with Crippen LogP contribution >= 0.6 is 0 Å². The third kappa shape index (κ3) is 2.69. The number of hydrogen-bond donors (Lipinski definition) is 1. The van der Waals surface area contributed by atoms with Gasteiger partial charge in [-0.2, -0.15) is 4.98 Å². The number of nitrogens with zero attached hydrogens (tertiary/aromatic N) is 2. The molecule has 0 aromatic carbocycles. The summed E-state index contributed by atoms with van der Waals surface area (Å²) in [5, 5.41) is 3.44. The number of anilines is 1. The summed E-state index contributed by atoms with van der Waals surface area (Å²) < 4.78 is 5.54. The Labute approximate surface area is 102 Å². The monoisotopic (exact) mass is 233 g/mol. The molecule has 0 spiro atoms. The molecule has 3 rings (SSSR count). The van der Waals surface area contributed by atoms with Crippen molar-refractivity contribution in [2.45, 2.75) is 38.8 Å². The van der Waals surface area contributed by atoms with Crippen LogP contribution in [0.1, 0.15) is 31.9 Å². The Morgan fingerprint density at radius 1 is 1.53 bits per heavy atom. The largest absolute Gasteiger partial charge is 0.432 e. The highest BCUT2D eigenvalue weighted by molar-refractivity contribution is 5.31. The highest BCUT2D eigenvalue weighted by Crippen LogP contribution is 2.21. The third-order valence-corrected chi connectivity index (χ3v) is 3.40. The molecule has 0 bridgehead atoms. The SMILES string of the molecule is CC1=CCN(c2nc(CNC3CC3)co2)CC1. The maximum atomic E-state index is 5.54. The molecule has 1 aromatic rings. The van der Waals surface area contributed by atoms with Gasteiger partial charge in [0.25, 0.3) is 6.01 Å². The van der Waals surface area contributed by atoms with Crippen LogP contribution in [0.3, 0.4) is 0 Å². The van der Waals surface area contributed by atoms with Crippen LogP contribution in [-0.2, 0) is 6.54 Å². The standard InChI is InChI=1S/C13H19N3O/c1-10-4-6-16(7-5-10)13-15-12(9-17-13)8-14-11-2-3-11/h4,9,11,14H,2-3,5-8H2,1H3. The first-order valence-corrected chi connectivity index (χ1v) is 6.39. The maximum absolute atomic E-state index is 5.54. The molecule has 1 fully saturated rings. The first-order chi connectivity index (χ1) is 8.31. The molecule has 0 atom stereocenters. The Morgan fingerprint density at radius 2 is 2.41 bits per heavy atom. The van der Waals surface area contributed by atoms with Gasteiger partial charge in [0.15, 0.2) is 0 Å². The lowest BCUT2D eigenvalue weighted by molar-refractivity contribution is 0.534. The van der Waals surface area contributed by atoms with Gasteiger partial charge in [0.2, 0.25) is 0 Å². The van der Waals surface area contributed by atoms with E-state index < -0.39 is 0 Å². The van der Waals surface area contributed by atoms with E-state index in [0.29, 0.717) is 0 Å². The van der Waals surface area contributed by atoms with Crippen LogP contribution in [0.15, 0.2) is 22.3 Å². The van der Waals surface area contributed by atoms with Gasteiger partial charge in [-0.25, -0.2) is 0 Å². The molecule has 1 N–H and O–H groups in total. The van der Waals surface area contributed by atoms with Crippen molar-refractivity contribution in [3.8, 4) is 0 Å². The van der Waals surface area contributed by atoms with Gasteiger partial charge in [-0.15, -0.1) is 0 Å². The Balaban J connectivity index is 1.59. The fraction of sp³-hybridized carbons (Fsp3) is 0.615. The van der Waals surface area contributed by atoms with Crippen molar-refractivity contribution in [1.82, 2.24) is 10.3 Å². The van der Waals surface area contributed by atoms with Gasteiger partial charge >= 0.3 is 0 Å². The van der Waals surface area contributed by atoms with Gasteiger partial charge in [0.1, 0.15) is 6.26 Å².